The van der Waals surface area contributed by atoms with E-state index in [2.05, 4.69) is 5.32 Å². The Labute approximate surface area is 220 Å². The maximum absolute atomic E-state index is 13.9. The second-order valence-electron chi connectivity index (χ2n) is 9.16. The van der Waals surface area contributed by atoms with Gasteiger partial charge in [-0.25, -0.2) is 8.42 Å². The molecule has 0 radical (unpaired) electrons. The van der Waals surface area contributed by atoms with Gasteiger partial charge in [0, 0.05) is 13.6 Å². The zero-order valence-corrected chi connectivity index (χ0v) is 22.9. The molecule has 3 aromatic carbocycles. The third-order valence-corrected chi connectivity index (χ3v) is 8.11. The average molecular weight is 522 g/mol. The molecule has 3 aromatic rings. The summed E-state index contributed by atoms with van der Waals surface area (Å²) in [5.74, 6) is -0.761. The van der Waals surface area contributed by atoms with Crippen molar-refractivity contribution in [3.05, 3.63) is 95.1 Å². The predicted molar refractivity (Wildman–Crippen MR) is 147 cm³/mol. The molecule has 0 aliphatic rings. The molecule has 0 saturated heterocycles. The van der Waals surface area contributed by atoms with Crippen molar-refractivity contribution in [2.24, 2.45) is 0 Å². The van der Waals surface area contributed by atoms with Gasteiger partial charge in [-0.1, -0.05) is 72.6 Å². The second-order valence-corrected chi connectivity index (χ2v) is 11.0. The molecule has 1 unspecified atom stereocenters. The van der Waals surface area contributed by atoms with Crippen LogP contribution in [0, 0.1) is 20.8 Å². The number of likely N-dealkylation sites (N-methyl/N-ethyl adjacent to an activating group) is 1. The number of anilines is 1. The molecule has 3 rings (SSSR count). The fourth-order valence-corrected chi connectivity index (χ4v) is 5.77. The number of amides is 2. The Hall–Kier alpha value is -3.65. The summed E-state index contributed by atoms with van der Waals surface area (Å²) in [5.41, 5.74) is 3.95. The van der Waals surface area contributed by atoms with Gasteiger partial charge in [0.15, 0.2) is 0 Å². The average Bonchev–Trinajstić information content (AvgIpc) is 2.87. The molecule has 1 atom stereocenters. The molecule has 0 heterocycles. The summed E-state index contributed by atoms with van der Waals surface area (Å²) in [4.78, 5) is 28.3. The van der Waals surface area contributed by atoms with Gasteiger partial charge in [0.2, 0.25) is 11.8 Å². The van der Waals surface area contributed by atoms with Gasteiger partial charge in [0.1, 0.15) is 12.6 Å². The standard InChI is InChI=1S/C29H35N3O4S/c1-6-26(29(34)30-5)31(19-24-12-9-10-22(3)18-24)28(33)20-32(27-13-8-7-11-23(27)4)37(35,36)25-16-14-21(2)15-17-25/h7-18,26H,6,19-20H2,1-5H3,(H,30,34). The molecule has 196 valence electrons. The smallest absolute Gasteiger partial charge is 0.264 e. The number of nitrogens with zero attached hydrogens (tertiary/aromatic N) is 2. The van der Waals surface area contributed by atoms with Crippen LogP contribution in [-0.4, -0.2) is 44.8 Å². The van der Waals surface area contributed by atoms with E-state index in [-0.39, 0.29) is 17.3 Å². The van der Waals surface area contributed by atoms with Crippen molar-refractivity contribution in [3.63, 3.8) is 0 Å². The minimum absolute atomic E-state index is 0.0951. The van der Waals surface area contributed by atoms with Crippen molar-refractivity contribution in [1.82, 2.24) is 10.2 Å². The molecule has 8 heteroatoms. The number of hydrogen-bond acceptors (Lipinski definition) is 4. The number of nitrogens with one attached hydrogen (secondary N) is 1. The normalized spacial score (nSPS) is 12.0. The van der Waals surface area contributed by atoms with E-state index in [0.29, 0.717) is 12.1 Å². The first-order valence-corrected chi connectivity index (χ1v) is 13.7. The molecular weight excluding hydrogens is 486 g/mol. The lowest BCUT2D eigenvalue weighted by molar-refractivity contribution is -0.140. The van der Waals surface area contributed by atoms with E-state index in [1.165, 1.54) is 11.9 Å². The molecule has 37 heavy (non-hydrogen) atoms. The summed E-state index contributed by atoms with van der Waals surface area (Å²) in [5, 5.41) is 2.64. The molecular formula is C29H35N3O4S. The highest BCUT2D eigenvalue weighted by Gasteiger charge is 2.33. The van der Waals surface area contributed by atoms with Crippen molar-refractivity contribution in [3.8, 4) is 0 Å². The summed E-state index contributed by atoms with van der Waals surface area (Å²) in [6, 6.07) is 20.6. The zero-order chi connectivity index (χ0) is 27.2. The van der Waals surface area contributed by atoms with Crippen LogP contribution in [0.5, 0.6) is 0 Å². The first-order valence-electron chi connectivity index (χ1n) is 12.3. The largest absolute Gasteiger partial charge is 0.357 e. The summed E-state index contributed by atoms with van der Waals surface area (Å²) in [7, 11) is -2.54. The van der Waals surface area contributed by atoms with E-state index in [1.807, 2.05) is 51.1 Å². The number of para-hydroxylation sites is 1. The van der Waals surface area contributed by atoms with Gasteiger partial charge in [0.25, 0.3) is 10.0 Å². The summed E-state index contributed by atoms with van der Waals surface area (Å²) in [6.45, 7) is 7.21. The highest BCUT2D eigenvalue weighted by atomic mass is 32.2. The maximum Gasteiger partial charge on any atom is 0.264 e. The Morgan fingerprint density at radius 1 is 0.892 bits per heavy atom. The van der Waals surface area contributed by atoms with Gasteiger partial charge in [0.05, 0.1) is 10.6 Å². The van der Waals surface area contributed by atoms with Gasteiger partial charge in [-0.15, -0.1) is 0 Å². The minimum atomic E-state index is -4.07. The third kappa shape index (κ3) is 6.57. The number of rotatable bonds is 10. The van der Waals surface area contributed by atoms with Crippen molar-refractivity contribution in [2.45, 2.75) is 51.6 Å². The highest BCUT2D eigenvalue weighted by Crippen LogP contribution is 2.27. The molecule has 0 aromatic heterocycles. The van der Waals surface area contributed by atoms with Crippen molar-refractivity contribution < 1.29 is 18.0 Å². The number of carbonyl (C=O) groups excluding carboxylic acids is 2. The second kappa shape index (κ2) is 12.1. The Morgan fingerprint density at radius 2 is 1.57 bits per heavy atom. The Kier molecular flexibility index (Phi) is 9.10. The molecule has 0 aliphatic carbocycles. The van der Waals surface area contributed by atoms with Crippen LogP contribution >= 0.6 is 0 Å². The van der Waals surface area contributed by atoms with Gasteiger partial charge in [-0.05, 0) is 56.5 Å². The highest BCUT2D eigenvalue weighted by molar-refractivity contribution is 7.92. The van der Waals surface area contributed by atoms with Crippen LogP contribution in [0.25, 0.3) is 0 Å². The third-order valence-electron chi connectivity index (χ3n) is 6.34. The monoisotopic (exact) mass is 521 g/mol. The van der Waals surface area contributed by atoms with Crippen molar-refractivity contribution in [2.75, 3.05) is 17.9 Å². The molecule has 0 spiro atoms. The first-order chi connectivity index (χ1) is 17.6. The number of carbonyl (C=O) groups is 2. The van der Waals surface area contributed by atoms with Gasteiger partial charge in [-0.3, -0.25) is 13.9 Å². The fraction of sp³-hybridized carbons (Fsp3) is 0.310. The Balaban J connectivity index is 2.07. The maximum atomic E-state index is 13.9. The van der Waals surface area contributed by atoms with E-state index in [4.69, 9.17) is 0 Å². The summed E-state index contributed by atoms with van der Waals surface area (Å²) >= 11 is 0. The topological polar surface area (TPSA) is 86.8 Å². The van der Waals surface area contributed by atoms with Crippen molar-refractivity contribution >= 4 is 27.5 Å². The van der Waals surface area contributed by atoms with Crippen LogP contribution in [-0.2, 0) is 26.2 Å². The number of sulfonamides is 1. The van der Waals surface area contributed by atoms with Crippen LogP contribution < -0.4 is 9.62 Å². The zero-order valence-electron chi connectivity index (χ0n) is 22.1. The van der Waals surface area contributed by atoms with Crippen LogP contribution in [0.2, 0.25) is 0 Å². The summed E-state index contributed by atoms with van der Waals surface area (Å²) < 4.78 is 28.9. The van der Waals surface area contributed by atoms with E-state index < -0.39 is 28.5 Å². The van der Waals surface area contributed by atoms with E-state index in [0.717, 1.165) is 26.6 Å². The van der Waals surface area contributed by atoms with E-state index >= 15 is 0 Å². The predicted octanol–water partition coefficient (Wildman–Crippen LogP) is 4.36. The lowest BCUT2D eigenvalue weighted by Crippen LogP contribution is -2.51. The molecule has 1 N–H and O–H groups in total. The molecule has 0 saturated carbocycles. The van der Waals surface area contributed by atoms with E-state index in [9.17, 15) is 18.0 Å². The molecule has 2 amide bonds. The van der Waals surface area contributed by atoms with Crippen LogP contribution in [0.15, 0.2) is 77.7 Å². The van der Waals surface area contributed by atoms with Crippen LogP contribution in [0.4, 0.5) is 5.69 Å². The van der Waals surface area contributed by atoms with Gasteiger partial charge in [-0.2, -0.15) is 0 Å². The molecule has 0 aliphatic heterocycles. The lowest BCUT2D eigenvalue weighted by atomic mass is 10.1. The molecule has 0 fully saturated rings. The van der Waals surface area contributed by atoms with E-state index in [1.54, 1.807) is 49.4 Å². The minimum Gasteiger partial charge on any atom is -0.357 e. The van der Waals surface area contributed by atoms with Crippen molar-refractivity contribution in [1.29, 1.82) is 0 Å². The van der Waals surface area contributed by atoms with Crippen LogP contribution in [0.3, 0.4) is 0 Å². The van der Waals surface area contributed by atoms with Gasteiger partial charge >= 0.3 is 0 Å². The number of benzene rings is 3. The van der Waals surface area contributed by atoms with Crippen LogP contribution in [0.1, 0.15) is 35.6 Å². The SMILES string of the molecule is CCC(C(=O)NC)N(Cc1cccc(C)c1)C(=O)CN(c1ccccc1C)S(=O)(=O)c1ccc(C)cc1. The lowest BCUT2D eigenvalue weighted by Gasteiger charge is -2.33. The number of hydrogen-bond donors (Lipinski definition) is 1. The quantitative estimate of drug-likeness (QED) is 0.430. The molecule has 7 nitrogen and oxygen atoms in total. The number of aryl methyl sites for hydroxylation is 3. The summed E-state index contributed by atoms with van der Waals surface area (Å²) in [6.07, 6.45) is 0.381. The Bertz CT molecular complexity index is 1350. The first kappa shape index (κ1) is 27.9. The fourth-order valence-electron chi connectivity index (χ4n) is 4.29. The van der Waals surface area contributed by atoms with Gasteiger partial charge < -0.3 is 10.2 Å². The molecule has 0 bridgehead atoms. The Morgan fingerprint density at radius 3 is 2.16 bits per heavy atom.